The van der Waals surface area contributed by atoms with E-state index in [9.17, 15) is 9.59 Å². The summed E-state index contributed by atoms with van der Waals surface area (Å²) in [4.78, 5) is 27.1. The molecule has 0 aromatic rings. The van der Waals surface area contributed by atoms with Crippen molar-refractivity contribution in [1.82, 2.24) is 15.1 Å². The summed E-state index contributed by atoms with van der Waals surface area (Å²) < 4.78 is 0. The summed E-state index contributed by atoms with van der Waals surface area (Å²) in [5, 5.41) is 2.66. The predicted molar refractivity (Wildman–Crippen MR) is 64.5 cm³/mol. The second kappa shape index (κ2) is 5.04. The molecule has 17 heavy (non-hydrogen) atoms. The fraction of sp³-hybridized carbons (Fsp3) is 0.833. The lowest BCUT2D eigenvalue weighted by Crippen LogP contribution is -2.50. The van der Waals surface area contributed by atoms with Gasteiger partial charge < -0.3 is 5.32 Å². The molecular weight excluding hydrogens is 218 g/mol. The number of rotatable bonds is 2. The van der Waals surface area contributed by atoms with Crippen molar-refractivity contribution in [2.45, 2.75) is 32.7 Å². The van der Waals surface area contributed by atoms with Gasteiger partial charge in [0.25, 0.3) is 0 Å². The Morgan fingerprint density at radius 1 is 1.35 bits per heavy atom. The molecule has 96 valence electrons. The van der Waals surface area contributed by atoms with Gasteiger partial charge in [0, 0.05) is 13.1 Å². The van der Waals surface area contributed by atoms with Crippen LogP contribution in [0.1, 0.15) is 26.7 Å². The monoisotopic (exact) mass is 239 g/mol. The third-order valence-electron chi connectivity index (χ3n) is 3.85. The molecule has 0 aliphatic carbocycles. The van der Waals surface area contributed by atoms with Crippen LogP contribution >= 0.6 is 0 Å². The lowest BCUT2D eigenvalue weighted by molar-refractivity contribution is -0.133. The standard InChI is InChI=1S/C12H21N3O2/c1-9-3-6-14(7-4-9)10(2)11(16)15-8-5-13-12(15)17/h9-10H,3-8H2,1-2H3,(H,13,17)/t10-/m1/s1. The van der Waals surface area contributed by atoms with Gasteiger partial charge in [0.05, 0.1) is 6.04 Å². The first-order chi connectivity index (χ1) is 8.09. The summed E-state index contributed by atoms with van der Waals surface area (Å²) in [5.74, 6) is 0.693. The molecule has 2 aliphatic heterocycles. The molecule has 0 radical (unpaired) electrons. The number of carbonyl (C=O) groups is 2. The first kappa shape index (κ1) is 12.4. The molecule has 0 spiro atoms. The molecule has 0 saturated carbocycles. The molecule has 5 heteroatoms. The van der Waals surface area contributed by atoms with Gasteiger partial charge in [0.2, 0.25) is 5.91 Å². The number of imide groups is 1. The minimum Gasteiger partial charge on any atom is -0.336 e. The maximum Gasteiger partial charge on any atom is 0.324 e. The van der Waals surface area contributed by atoms with E-state index >= 15 is 0 Å². The minimum absolute atomic E-state index is 0.0606. The molecule has 2 saturated heterocycles. The van der Waals surface area contributed by atoms with Crippen molar-refractivity contribution >= 4 is 11.9 Å². The number of hydrogen-bond acceptors (Lipinski definition) is 3. The van der Waals surface area contributed by atoms with Crippen LogP contribution < -0.4 is 5.32 Å². The number of hydrogen-bond donors (Lipinski definition) is 1. The topological polar surface area (TPSA) is 52.7 Å². The number of urea groups is 1. The van der Waals surface area contributed by atoms with Gasteiger partial charge in [-0.1, -0.05) is 6.92 Å². The summed E-state index contributed by atoms with van der Waals surface area (Å²) in [6.45, 7) is 7.16. The Balaban J connectivity index is 1.92. The van der Waals surface area contributed by atoms with Gasteiger partial charge in [-0.3, -0.25) is 14.6 Å². The molecule has 2 rings (SSSR count). The zero-order valence-corrected chi connectivity index (χ0v) is 10.6. The van der Waals surface area contributed by atoms with Gasteiger partial charge in [0.15, 0.2) is 0 Å². The highest BCUT2D eigenvalue weighted by Crippen LogP contribution is 2.19. The molecule has 0 unspecified atom stereocenters. The third-order valence-corrected chi connectivity index (χ3v) is 3.85. The van der Waals surface area contributed by atoms with E-state index in [1.807, 2.05) is 6.92 Å². The Bertz CT molecular complexity index is 311. The highest BCUT2D eigenvalue weighted by molar-refractivity contribution is 5.98. The Kier molecular flexibility index (Phi) is 3.66. The average molecular weight is 239 g/mol. The van der Waals surface area contributed by atoms with E-state index in [-0.39, 0.29) is 18.0 Å². The van der Waals surface area contributed by atoms with Crippen molar-refractivity contribution in [2.75, 3.05) is 26.2 Å². The maximum atomic E-state index is 12.2. The van der Waals surface area contributed by atoms with Crippen LogP contribution in [0.2, 0.25) is 0 Å². The third kappa shape index (κ3) is 2.60. The van der Waals surface area contributed by atoms with Crippen LogP contribution in [0.4, 0.5) is 4.79 Å². The van der Waals surface area contributed by atoms with E-state index in [0.29, 0.717) is 13.1 Å². The second-order valence-electron chi connectivity index (χ2n) is 5.12. The second-order valence-corrected chi connectivity index (χ2v) is 5.12. The summed E-state index contributed by atoms with van der Waals surface area (Å²) in [6, 6.07) is -0.418. The van der Waals surface area contributed by atoms with Gasteiger partial charge >= 0.3 is 6.03 Å². The average Bonchev–Trinajstić information content (AvgIpc) is 2.74. The van der Waals surface area contributed by atoms with E-state index < -0.39 is 0 Å². The molecular formula is C12H21N3O2. The zero-order chi connectivity index (χ0) is 12.4. The lowest BCUT2D eigenvalue weighted by Gasteiger charge is -2.35. The fourth-order valence-corrected chi connectivity index (χ4v) is 2.48. The maximum absolute atomic E-state index is 12.2. The molecule has 3 amide bonds. The molecule has 5 nitrogen and oxygen atoms in total. The van der Waals surface area contributed by atoms with Crippen LogP contribution in [-0.4, -0.2) is 54.0 Å². The van der Waals surface area contributed by atoms with Gasteiger partial charge in [0.1, 0.15) is 0 Å². The predicted octanol–water partition coefficient (Wildman–Crippen LogP) is 0.659. The Hall–Kier alpha value is -1.10. The number of nitrogens with one attached hydrogen (secondary N) is 1. The molecule has 2 fully saturated rings. The Morgan fingerprint density at radius 3 is 2.53 bits per heavy atom. The molecule has 1 N–H and O–H groups in total. The quantitative estimate of drug-likeness (QED) is 0.770. The summed E-state index contributed by atoms with van der Waals surface area (Å²) in [6.07, 6.45) is 2.29. The minimum atomic E-state index is -0.243. The molecule has 1 atom stereocenters. The number of likely N-dealkylation sites (tertiary alicyclic amines) is 1. The van der Waals surface area contributed by atoms with Gasteiger partial charge in [-0.05, 0) is 38.8 Å². The zero-order valence-electron chi connectivity index (χ0n) is 10.6. The van der Waals surface area contributed by atoms with Crippen LogP contribution in [0.15, 0.2) is 0 Å². The number of amides is 3. The van der Waals surface area contributed by atoms with E-state index in [1.54, 1.807) is 0 Å². The van der Waals surface area contributed by atoms with Gasteiger partial charge in [-0.15, -0.1) is 0 Å². The first-order valence-electron chi connectivity index (χ1n) is 6.43. The fourth-order valence-electron chi connectivity index (χ4n) is 2.48. The SMILES string of the molecule is CC1CCN([C@H](C)C(=O)N2CCNC2=O)CC1. The number of piperidine rings is 1. The molecule has 0 bridgehead atoms. The molecule has 0 aromatic carbocycles. The van der Waals surface area contributed by atoms with Crippen molar-refractivity contribution in [3.05, 3.63) is 0 Å². The Morgan fingerprint density at radius 2 is 2.00 bits per heavy atom. The van der Waals surface area contributed by atoms with E-state index in [4.69, 9.17) is 0 Å². The molecule has 2 aliphatic rings. The van der Waals surface area contributed by atoms with Crippen LogP contribution in [0.25, 0.3) is 0 Å². The summed E-state index contributed by atoms with van der Waals surface area (Å²) in [5.41, 5.74) is 0. The van der Waals surface area contributed by atoms with E-state index in [0.717, 1.165) is 31.8 Å². The smallest absolute Gasteiger partial charge is 0.324 e. The van der Waals surface area contributed by atoms with E-state index in [1.165, 1.54) is 4.90 Å². The van der Waals surface area contributed by atoms with Crippen molar-refractivity contribution in [2.24, 2.45) is 5.92 Å². The van der Waals surface area contributed by atoms with Gasteiger partial charge in [-0.2, -0.15) is 0 Å². The summed E-state index contributed by atoms with van der Waals surface area (Å²) in [7, 11) is 0. The number of carbonyl (C=O) groups excluding carboxylic acids is 2. The van der Waals surface area contributed by atoms with Crippen LogP contribution in [0.3, 0.4) is 0 Å². The highest BCUT2D eigenvalue weighted by Gasteiger charge is 2.33. The highest BCUT2D eigenvalue weighted by atomic mass is 16.2. The van der Waals surface area contributed by atoms with Gasteiger partial charge in [-0.25, -0.2) is 4.79 Å². The normalized spacial score (nSPS) is 24.8. The first-order valence-corrected chi connectivity index (χ1v) is 6.43. The molecule has 0 aromatic heterocycles. The largest absolute Gasteiger partial charge is 0.336 e. The summed E-state index contributed by atoms with van der Waals surface area (Å²) >= 11 is 0. The van der Waals surface area contributed by atoms with Crippen molar-refractivity contribution < 1.29 is 9.59 Å². The van der Waals surface area contributed by atoms with Crippen molar-refractivity contribution in [3.8, 4) is 0 Å². The van der Waals surface area contributed by atoms with Crippen LogP contribution in [0.5, 0.6) is 0 Å². The van der Waals surface area contributed by atoms with Crippen LogP contribution in [-0.2, 0) is 4.79 Å². The van der Waals surface area contributed by atoms with E-state index in [2.05, 4.69) is 17.1 Å². The number of nitrogens with zero attached hydrogens (tertiary/aromatic N) is 2. The van der Waals surface area contributed by atoms with Crippen LogP contribution in [0, 0.1) is 5.92 Å². The van der Waals surface area contributed by atoms with Crippen molar-refractivity contribution in [3.63, 3.8) is 0 Å². The Labute approximate surface area is 102 Å². The molecule has 2 heterocycles. The van der Waals surface area contributed by atoms with Crippen molar-refractivity contribution in [1.29, 1.82) is 0 Å². The lowest BCUT2D eigenvalue weighted by atomic mass is 9.98.